The summed E-state index contributed by atoms with van der Waals surface area (Å²) in [6.07, 6.45) is 0. The standard InChI is InChI=1S/C13H17Br2NO/c1-8(2)12(15)7-16-13(17)10-5-4-9(3)6-11(10)14/h4-6,8,12H,7H2,1-3H3,(H,16,17). The zero-order valence-electron chi connectivity index (χ0n) is 10.3. The van der Waals surface area contributed by atoms with E-state index in [4.69, 9.17) is 0 Å². The van der Waals surface area contributed by atoms with Crippen LogP contribution in [0.4, 0.5) is 0 Å². The van der Waals surface area contributed by atoms with Gasteiger partial charge in [0.25, 0.3) is 5.91 Å². The molecule has 17 heavy (non-hydrogen) atoms. The molecule has 0 heterocycles. The van der Waals surface area contributed by atoms with E-state index in [9.17, 15) is 4.79 Å². The van der Waals surface area contributed by atoms with Crippen molar-refractivity contribution in [3.8, 4) is 0 Å². The molecular formula is C13H17Br2NO. The fourth-order valence-corrected chi connectivity index (χ4v) is 2.16. The molecular weight excluding hydrogens is 346 g/mol. The number of halogens is 2. The van der Waals surface area contributed by atoms with Gasteiger partial charge < -0.3 is 5.32 Å². The lowest BCUT2D eigenvalue weighted by Crippen LogP contribution is -2.31. The number of benzene rings is 1. The summed E-state index contributed by atoms with van der Waals surface area (Å²) in [7, 11) is 0. The van der Waals surface area contributed by atoms with Crippen molar-refractivity contribution in [1.82, 2.24) is 5.32 Å². The predicted octanol–water partition coefficient (Wildman–Crippen LogP) is 3.91. The maximum absolute atomic E-state index is 11.9. The molecule has 0 aliphatic heterocycles. The molecule has 4 heteroatoms. The van der Waals surface area contributed by atoms with Crippen LogP contribution in [0.1, 0.15) is 29.8 Å². The van der Waals surface area contributed by atoms with E-state index in [0.717, 1.165) is 10.0 Å². The Labute approximate surface area is 119 Å². The molecule has 1 aromatic carbocycles. The van der Waals surface area contributed by atoms with Gasteiger partial charge in [0.15, 0.2) is 0 Å². The molecule has 1 atom stereocenters. The smallest absolute Gasteiger partial charge is 0.252 e. The summed E-state index contributed by atoms with van der Waals surface area (Å²) in [5.74, 6) is 0.457. The first-order chi connectivity index (χ1) is 7.91. The largest absolute Gasteiger partial charge is 0.351 e. The van der Waals surface area contributed by atoms with Crippen LogP contribution in [0.15, 0.2) is 22.7 Å². The molecule has 0 spiro atoms. The highest BCUT2D eigenvalue weighted by Crippen LogP contribution is 2.18. The van der Waals surface area contributed by atoms with Gasteiger partial charge in [-0.05, 0) is 46.5 Å². The first-order valence-corrected chi connectivity index (χ1v) is 7.31. The second-order valence-electron chi connectivity index (χ2n) is 4.45. The Morgan fingerprint density at radius 1 is 1.41 bits per heavy atom. The van der Waals surface area contributed by atoms with Crippen molar-refractivity contribution in [2.45, 2.75) is 25.6 Å². The highest BCUT2D eigenvalue weighted by atomic mass is 79.9. The van der Waals surface area contributed by atoms with Crippen molar-refractivity contribution in [1.29, 1.82) is 0 Å². The summed E-state index contributed by atoms with van der Waals surface area (Å²) in [6.45, 7) is 6.87. The van der Waals surface area contributed by atoms with Crippen molar-refractivity contribution in [3.63, 3.8) is 0 Å². The first-order valence-electron chi connectivity index (χ1n) is 5.60. The molecule has 1 unspecified atom stereocenters. The number of hydrogen-bond donors (Lipinski definition) is 1. The van der Waals surface area contributed by atoms with Crippen molar-refractivity contribution in [3.05, 3.63) is 33.8 Å². The summed E-state index contributed by atoms with van der Waals surface area (Å²) >= 11 is 6.96. The highest BCUT2D eigenvalue weighted by molar-refractivity contribution is 9.10. The average molecular weight is 363 g/mol. The SMILES string of the molecule is Cc1ccc(C(=O)NCC(Br)C(C)C)c(Br)c1. The van der Waals surface area contributed by atoms with E-state index in [2.05, 4.69) is 51.0 Å². The number of nitrogens with one attached hydrogen (secondary N) is 1. The van der Waals surface area contributed by atoms with Gasteiger partial charge in [0.05, 0.1) is 5.56 Å². The molecule has 94 valence electrons. The zero-order chi connectivity index (χ0) is 13.0. The molecule has 2 nitrogen and oxygen atoms in total. The molecule has 0 aliphatic rings. The minimum atomic E-state index is -0.0398. The van der Waals surface area contributed by atoms with Crippen LogP contribution in [0.2, 0.25) is 0 Å². The van der Waals surface area contributed by atoms with Gasteiger partial charge in [-0.15, -0.1) is 0 Å². The van der Waals surface area contributed by atoms with Crippen molar-refractivity contribution in [2.75, 3.05) is 6.54 Å². The monoisotopic (exact) mass is 361 g/mol. The Morgan fingerprint density at radius 3 is 2.59 bits per heavy atom. The van der Waals surface area contributed by atoms with Gasteiger partial charge in [-0.3, -0.25) is 4.79 Å². The van der Waals surface area contributed by atoms with E-state index in [1.165, 1.54) is 0 Å². The molecule has 0 aromatic heterocycles. The number of aryl methyl sites for hydroxylation is 1. The third kappa shape index (κ3) is 4.43. The summed E-state index contributed by atoms with van der Waals surface area (Å²) in [4.78, 5) is 12.2. The molecule has 0 saturated carbocycles. The number of carbonyl (C=O) groups is 1. The average Bonchev–Trinajstić information content (AvgIpc) is 2.25. The Bertz CT molecular complexity index is 404. The maximum Gasteiger partial charge on any atom is 0.252 e. The molecule has 1 N–H and O–H groups in total. The molecule has 1 amide bonds. The molecule has 1 aromatic rings. The van der Waals surface area contributed by atoms with E-state index in [1.807, 2.05) is 25.1 Å². The Morgan fingerprint density at radius 2 is 2.06 bits per heavy atom. The second-order valence-corrected chi connectivity index (χ2v) is 6.48. The number of hydrogen-bond acceptors (Lipinski definition) is 1. The van der Waals surface area contributed by atoms with Crippen molar-refractivity contribution >= 4 is 37.8 Å². The number of carbonyl (C=O) groups excluding carboxylic acids is 1. The number of amides is 1. The third-order valence-electron chi connectivity index (χ3n) is 2.55. The molecule has 1 rings (SSSR count). The first kappa shape index (κ1) is 14.7. The van der Waals surface area contributed by atoms with E-state index in [0.29, 0.717) is 22.9 Å². The molecule has 0 bridgehead atoms. The number of rotatable bonds is 4. The normalized spacial score (nSPS) is 12.6. The maximum atomic E-state index is 11.9. The van der Waals surface area contributed by atoms with Gasteiger partial charge in [-0.2, -0.15) is 0 Å². The van der Waals surface area contributed by atoms with E-state index in [1.54, 1.807) is 0 Å². The minimum absolute atomic E-state index is 0.0398. The Kier molecular flexibility index (Phi) is 5.67. The van der Waals surface area contributed by atoms with Gasteiger partial charge in [0.1, 0.15) is 0 Å². The minimum Gasteiger partial charge on any atom is -0.351 e. The third-order valence-corrected chi connectivity index (χ3v) is 4.59. The molecule has 0 saturated heterocycles. The lowest BCUT2D eigenvalue weighted by Gasteiger charge is -2.15. The predicted molar refractivity (Wildman–Crippen MR) is 78.8 cm³/mol. The van der Waals surface area contributed by atoms with Crippen LogP contribution in [0.25, 0.3) is 0 Å². The fourth-order valence-electron chi connectivity index (χ4n) is 1.33. The van der Waals surface area contributed by atoms with Crippen LogP contribution in [-0.4, -0.2) is 17.3 Å². The van der Waals surface area contributed by atoms with E-state index in [-0.39, 0.29) is 5.91 Å². The topological polar surface area (TPSA) is 29.1 Å². The Hall–Kier alpha value is -0.350. The second kappa shape index (κ2) is 6.55. The van der Waals surface area contributed by atoms with Crippen molar-refractivity contribution in [2.24, 2.45) is 5.92 Å². The number of alkyl halides is 1. The van der Waals surface area contributed by atoms with Gasteiger partial charge in [0.2, 0.25) is 0 Å². The molecule has 0 fully saturated rings. The van der Waals surface area contributed by atoms with E-state index >= 15 is 0 Å². The molecule has 0 aliphatic carbocycles. The van der Waals surface area contributed by atoms with Crippen LogP contribution in [-0.2, 0) is 0 Å². The lowest BCUT2D eigenvalue weighted by atomic mass is 10.1. The summed E-state index contributed by atoms with van der Waals surface area (Å²) < 4.78 is 0.839. The van der Waals surface area contributed by atoms with E-state index < -0.39 is 0 Å². The van der Waals surface area contributed by atoms with Crippen LogP contribution in [0.3, 0.4) is 0 Å². The lowest BCUT2D eigenvalue weighted by molar-refractivity contribution is 0.0952. The van der Waals surface area contributed by atoms with Crippen LogP contribution >= 0.6 is 31.9 Å². The fraction of sp³-hybridized carbons (Fsp3) is 0.462. The van der Waals surface area contributed by atoms with Crippen molar-refractivity contribution < 1.29 is 4.79 Å². The van der Waals surface area contributed by atoms with Crippen LogP contribution in [0.5, 0.6) is 0 Å². The highest BCUT2D eigenvalue weighted by Gasteiger charge is 2.13. The zero-order valence-corrected chi connectivity index (χ0v) is 13.4. The molecule has 0 radical (unpaired) electrons. The summed E-state index contributed by atoms with van der Waals surface area (Å²) in [5, 5.41) is 2.92. The van der Waals surface area contributed by atoms with Gasteiger partial charge in [-0.25, -0.2) is 0 Å². The quantitative estimate of drug-likeness (QED) is 0.808. The Balaban J connectivity index is 2.64. The van der Waals surface area contributed by atoms with Crippen LogP contribution < -0.4 is 5.32 Å². The van der Waals surface area contributed by atoms with Gasteiger partial charge in [-0.1, -0.05) is 35.8 Å². The van der Waals surface area contributed by atoms with Gasteiger partial charge >= 0.3 is 0 Å². The van der Waals surface area contributed by atoms with Gasteiger partial charge in [0, 0.05) is 15.8 Å². The summed E-state index contributed by atoms with van der Waals surface area (Å²) in [6, 6.07) is 5.73. The van der Waals surface area contributed by atoms with Crippen LogP contribution in [0, 0.1) is 12.8 Å². The summed E-state index contributed by atoms with van der Waals surface area (Å²) in [5.41, 5.74) is 1.81.